The highest BCUT2D eigenvalue weighted by molar-refractivity contribution is 6.33. The molecule has 1 unspecified atom stereocenters. The molecule has 1 N–H and O–H groups in total. The molecule has 0 spiro atoms. The Bertz CT molecular complexity index is 740. The van der Waals surface area contributed by atoms with E-state index in [0.717, 1.165) is 11.6 Å². The summed E-state index contributed by atoms with van der Waals surface area (Å²) >= 11 is 11.8. The molecular formula is C17H15Cl2FN2O2. The van der Waals surface area contributed by atoms with Crippen molar-refractivity contribution in [3.05, 3.63) is 63.9 Å². The molecule has 1 aliphatic heterocycles. The van der Waals surface area contributed by atoms with Crippen LogP contribution in [0.25, 0.3) is 0 Å². The number of halogens is 3. The molecule has 0 saturated carbocycles. The lowest BCUT2D eigenvalue weighted by molar-refractivity contribution is -0.0135. The van der Waals surface area contributed by atoms with Gasteiger partial charge < -0.3 is 15.0 Å². The fraction of sp³-hybridized carbons (Fsp3) is 0.235. The summed E-state index contributed by atoms with van der Waals surface area (Å²) in [5.74, 6) is -0.452. The number of urea groups is 1. The predicted octanol–water partition coefficient (Wildman–Crippen LogP) is 4.74. The van der Waals surface area contributed by atoms with Crippen molar-refractivity contribution in [2.24, 2.45) is 0 Å². The van der Waals surface area contributed by atoms with Crippen molar-refractivity contribution in [3.63, 3.8) is 0 Å². The zero-order valence-electron chi connectivity index (χ0n) is 12.6. The number of carbonyl (C=O) groups excluding carboxylic acids is 1. The van der Waals surface area contributed by atoms with Gasteiger partial charge in [-0.05, 0) is 35.9 Å². The summed E-state index contributed by atoms with van der Waals surface area (Å²) in [5, 5.41) is 3.51. The minimum Gasteiger partial charge on any atom is -0.370 e. The molecule has 126 valence electrons. The molecule has 1 fully saturated rings. The lowest BCUT2D eigenvalue weighted by Crippen LogP contribution is -2.44. The molecule has 3 rings (SSSR count). The van der Waals surface area contributed by atoms with Crippen LogP contribution in [-0.4, -0.2) is 30.6 Å². The van der Waals surface area contributed by atoms with Crippen LogP contribution >= 0.6 is 23.2 Å². The zero-order chi connectivity index (χ0) is 17.1. The van der Waals surface area contributed by atoms with Gasteiger partial charge in [0.1, 0.15) is 11.9 Å². The van der Waals surface area contributed by atoms with Crippen LogP contribution < -0.4 is 5.32 Å². The Morgan fingerprint density at radius 2 is 1.96 bits per heavy atom. The van der Waals surface area contributed by atoms with E-state index in [1.165, 1.54) is 12.1 Å². The lowest BCUT2D eigenvalue weighted by Gasteiger charge is -2.33. The van der Waals surface area contributed by atoms with Crippen LogP contribution in [0.3, 0.4) is 0 Å². The fourth-order valence-corrected chi connectivity index (χ4v) is 2.84. The van der Waals surface area contributed by atoms with Gasteiger partial charge in [-0.2, -0.15) is 0 Å². The highest BCUT2D eigenvalue weighted by Gasteiger charge is 2.25. The molecule has 4 nitrogen and oxygen atoms in total. The van der Waals surface area contributed by atoms with E-state index in [9.17, 15) is 9.18 Å². The minimum absolute atomic E-state index is 0.158. The van der Waals surface area contributed by atoms with Crippen LogP contribution in [0.5, 0.6) is 0 Å². The quantitative estimate of drug-likeness (QED) is 0.831. The summed E-state index contributed by atoms with van der Waals surface area (Å²) in [6, 6.07) is 10.9. The zero-order valence-corrected chi connectivity index (χ0v) is 14.1. The van der Waals surface area contributed by atoms with E-state index in [1.807, 2.05) is 12.1 Å². The first-order valence-corrected chi connectivity index (χ1v) is 8.16. The van der Waals surface area contributed by atoms with Gasteiger partial charge in [-0.1, -0.05) is 35.3 Å². The van der Waals surface area contributed by atoms with Crippen molar-refractivity contribution >= 4 is 34.9 Å². The SMILES string of the molecule is O=C(Nc1ccc(F)cc1Cl)N1CCOC(c2ccc(Cl)cc2)C1. The third-order valence-electron chi connectivity index (χ3n) is 3.77. The van der Waals surface area contributed by atoms with Gasteiger partial charge in [-0.3, -0.25) is 0 Å². The van der Waals surface area contributed by atoms with Gasteiger partial charge in [-0.25, -0.2) is 9.18 Å². The molecule has 1 aliphatic rings. The monoisotopic (exact) mass is 368 g/mol. The highest BCUT2D eigenvalue weighted by Crippen LogP contribution is 2.26. The van der Waals surface area contributed by atoms with Crippen LogP contribution in [-0.2, 0) is 4.74 Å². The molecule has 0 aliphatic carbocycles. The molecule has 1 saturated heterocycles. The van der Waals surface area contributed by atoms with E-state index >= 15 is 0 Å². The van der Waals surface area contributed by atoms with Crippen molar-refractivity contribution in [2.75, 3.05) is 25.0 Å². The standard InChI is InChI=1S/C17H15Cl2FN2O2/c18-12-3-1-11(2-4-12)16-10-22(7-8-24-16)17(23)21-15-6-5-13(20)9-14(15)19/h1-6,9,16H,7-8,10H2,(H,21,23). The van der Waals surface area contributed by atoms with Crippen molar-refractivity contribution in [1.82, 2.24) is 4.90 Å². The molecular weight excluding hydrogens is 354 g/mol. The average Bonchev–Trinajstić information content (AvgIpc) is 2.58. The van der Waals surface area contributed by atoms with Crippen LogP contribution in [0.2, 0.25) is 10.0 Å². The molecule has 2 amide bonds. The van der Waals surface area contributed by atoms with Crippen molar-refractivity contribution in [2.45, 2.75) is 6.10 Å². The molecule has 2 aromatic rings. The predicted molar refractivity (Wildman–Crippen MR) is 92.1 cm³/mol. The Labute approximate surface area is 149 Å². The van der Waals surface area contributed by atoms with Crippen LogP contribution in [0, 0.1) is 5.82 Å². The second-order valence-corrected chi connectivity index (χ2v) is 6.25. The van der Waals surface area contributed by atoms with Gasteiger partial charge in [0.25, 0.3) is 0 Å². The summed E-state index contributed by atoms with van der Waals surface area (Å²) < 4.78 is 18.8. The summed E-state index contributed by atoms with van der Waals surface area (Å²) in [6.45, 7) is 1.30. The molecule has 7 heteroatoms. The number of hydrogen-bond donors (Lipinski definition) is 1. The number of nitrogens with zero attached hydrogens (tertiary/aromatic N) is 1. The Kier molecular flexibility index (Phi) is 5.23. The van der Waals surface area contributed by atoms with Gasteiger partial charge in [0, 0.05) is 11.6 Å². The number of anilines is 1. The Balaban J connectivity index is 1.67. The van der Waals surface area contributed by atoms with Crippen LogP contribution in [0.4, 0.5) is 14.9 Å². The highest BCUT2D eigenvalue weighted by atomic mass is 35.5. The Hall–Kier alpha value is -1.82. The number of nitrogens with one attached hydrogen (secondary N) is 1. The van der Waals surface area contributed by atoms with E-state index < -0.39 is 5.82 Å². The van der Waals surface area contributed by atoms with E-state index in [0.29, 0.717) is 30.4 Å². The first kappa shape index (κ1) is 17.0. The van der Waals surface area contributed by atoms with E-state index in [4.69, 9.17) is 27.9 Å². The lowest BCUT2D eigenvalue weighted by atomic mass is 10.1. The summed E-state index contributed by atoms with van der Waals surface area (Å²) in [5.41, 5.74) is 1.33. The van der Waals surface area contributed by atoms with Gasteiger partial charge in [0.2, 0.25) is 0 Å². The average molecular weight is 369 g/mol. The topological polar surface area (TPSA) is 41.6 Å². The maximum absolute atomic E-state index is 13.1. The number of morpholine rings is 1. The molecule has 1 atom stereocenters. The number of carbonyl (C=O) groups is 1. The normalized spacial score (nSPS) is 17.6. The third kappa shape index (κ3) is 3.98. The molecule has 2 aromatic carbocycles. The molecule has 0 aromatic heterocycles. The molecule has 24 heavy (non-hydrogen) atoms. The number of benzene rings is 2. The van der Waals surface area contributed by atoms with Crippen LogP contribution in [0.15, 0.2) is 42.5 Å². The van der Waals surface area contributed by atoms with Crippen molar-refractivity contribution in [3.8, 4) is 0 Å². The Morgan fingerprint density at radius 3 is 2.67 bits per heavy atom. The number of hydrogen-bond acceptors (Lipinski definition) is 2. The number of ether oxygens (including phenoxy) is 1. The second kappa shape index (κ2) is 7.38. The van der Waals surface area contributed by atoms with Crippen LogP contribution in [0.1, 0.15) is 11.7 Å². The Morgan fingerprint density at radius 1 is 1.21 bits per heavy atom. The first-order chi connectivity index (χ1) is 11.5. The van der Waals surface area contributed by atoms with Gasteiger partial charge in [0.05, 0.1) is 23.9 Å². The largest absolute Gasteiger partial charge is 0.370 e. The van der Waals surface area contributed by atoms with E-state index in [-0.39, 0.29) is 17.2 Å². The molecule has 1 heterocycles. The van der Waals surface area contributed by atoms with Gasteiger partial charge in [0.15, 0.2) is 0 Å². The van der Waals surface area contributed by atoms with Gasteiger partial charge in [-0.15, -0.1) is 0 Å². The molecule has 0 bridgehead atoms. The number of rotatable bonds is 2. The summed E-state index contributed by atoms with van der Waals surface area (Å²) in [7, 11) is 0. The fourth-order valence-electron chi connectivity index (χ4n) is 2.50. The van der Waals surface area contributed by atoms with E-state index in [1.54, 1.807) is 17.0 Å². The van der Waals surface area contributed by atoms with Gasteiger partial charge >= 0.3 is 6.03 Å². The molecule has 0 radical (unpaired) electrons. The third-order valence-corrected chi connectivity index (χ3v) is 4.33. The minimum atomic E-state index is -0.452. The first-order valence-electron chi connectivity index (χ1n) is 7.41. The second-order valence-electron chi connectivity index (χ2n) is 5.41. The smallest absolute Gasteiger partial charge is 0.322 e. The maximum atomic E-state index is 13.1. The van der Waals surface area contributed by atoms with Crippen molar-refractivity contribution in [1.29, 1.82) is 0 Å². The summed E-state index contributed by atoms with van der Waals surface area (Å²) in [4.78, 5) is 14.1. The summed E-state index contributed by atoms with van der Waals surface area (Å²) in [6.07, 6.45) is -0.217. The van der Waals surface area contributed by atoms with Crippen molar-refractivity contribution < 1.29 is 13.9 Å². The van der Waals surface area contributed by atoms with E-state index in [2.05, 4.69) is 5.32 Å². The number of amides is 2. The maximum Gasteiger partial charge on any atom is 0.322 e.